The normalized spacial score (nSPS) is 12.1. The molecular formula is C20H25N3O4S. The summed E-state index contributed by atoms with van der Waals surface area (Å²) in [5.41, 5.74) is 1.60. The van der Waals surface area contributed by atoms with E-state index in [1.165, 1.54) is 24.3 Å². The van der Waals surface area contributed by atoms with Crippen LogP contribution in [0.3, 0.4) is 0 Å². The third kappa shape index (κ3) is 5.82. The van der Waals surface area contributed by atoms with Gasteiger partial charge in [0.05, 0.1) is 4.90 Å². The molecule has 0 aliphatic rings. The monoisotopic (exact) mass is 403 g/mol. The fraction of sp³-hybridized carbons (Fsp3) is 0.300. The lowest BCUT2D eigenvalue weighted by atomic mass is 10.2. The number of carbonyl (C=O) groups is 2. The van der Waals surface area contributed by atoms with Crippen LogP contribution in [0.25, 0.3) is 0 Å². The van der Waals surface area contributed by atoms with E-state index in [9.17, 15) is 18.0 Å². The van der Waals surface area contributed by atoms with Crippen molar-refractivity contribution in [1.29, 1.82) is 0 Å². The van der Waals surface area contributed by atoms with Crippen molar-refractivity contribution < 1.29 is 18.0 Å². The fourth-order valence-electron chi connectivity index (χ4n) is 2.39. The average molecular weight is 404 g/mol. The minimum atomic E-state index is -3.85. The van der Waals surface area contributed by atoms with E-state index in [4.69, 9.17) is 0 Å². The summed E-state index contributed by atoms with van der Waals surface area (Å²) in [5, 5.41) is 5.27. The minimum Gasteiger partial charge on any atom is -0.354 e. The van der Waals surface area contributed by atoms with Crippen LogP contribution in [0.2, 0.25) is 0 Å². The molecule has 150 valence electrons. The first-order valence-corrected chi connectivity index (χ1v) is 10.5. The molecule has 3 N–H and O–H groups in total. The molecule has 2 rings (SSSR count). The number of aryl methyl sites for hydroxylation is 1. The third-order valence-electron chi connectivity index (χ3n) is 4.00. The van der Waals surface area contributed by atoms with Gasteiger partial charge in [-0.3, -0.25) is 14.3 Å². The molecule has 0 unspecified atom stereocenters. The zero-order valence-corrected chi connectivity index (χ0v) is 17.0. The Morgan fingerprint density at radius 1 is 1.07 bits per heavy atom. The summed E-state index contributed by atoms with van der Waals surface area (Å²) in [6.45, 7) is 5.93. The van der Waals surface area contributed by atoms with Crippen LogP contribution in [0.4, 0.5) is 5.69 Å². The van der Waals surface area contributed by atoms with Gasteiger partial charge in [-0.25, -0.2) is 8.42 Å². The molecule has 0 aliphatic carbocycles. The number of amides is 2. The molecule has 0 aromatic heterocycles. The quantitative estimate of drug-likeness (QED) is 0.630. The van der Waals surface area contributed by atoms with E-state index in [2.05, 4.69) is 15.4 Å². The van der Waals surface area contributed by atoms with Crippen molar-refractivity contribution in [3.8, 4) is 0 Å². The number of carbonyl (C=O) groups excluding carboxylic acids is 2. The number of anilines is 1. The number of sulfonamides is 1. The summed E-state index contributed by atoms with van der Waals surface area (Å²) >= 11 is 0. The van der Waals surface area contributed by atoms with Crippen LogP contribution < -0.4 is 15.4 Å². The van der Waals surface area contributed by atoms with Gasteiger partial charge < -0.3 is 10.6 Å². The predicted octanol–water partition coefficient (Wildman–Crippen LogP) is 2.44. The van der Waals surface area contributed by atoms with Crippen molar-refractivity contribution >= 4 is 27.5 Å². The van der Waals surface area contributed by atoms with E-state index in [1.54, 1.807) is 31.2 Å². The molecule has 0 saturated carbocycles. The van der Waals surface area contributed by atoms with Gasteiger partial charge in [0, 0.05) is 17.8 Å². The van der Waals surface area contributed by atoms with E-state index in [0.29, 0.717) is 12.2 Å². The van der Waals surface area contributed by atoms with Crippen LogP contribution in [-0.4, -0.2) is 32.8 Å². The van der Waals surface area contributed by atoms with E-state index in [0.717, 1.165) is 12.0 Å². The van der Waals surface area contributed by atoms with E-state index in [-0.39, 0.29) is 16.4 Å². The number of rotatable bonds is 8. The first-order valence-electron chi connectivity index (χ1n) is 9.01. The molecule has 2 amide bonds. The third-order valence-corrected chi connectivity index (χ3v) is 5.38. The maximum Gasteiger partial charge on any atom is 0.261 e. The Bertz CT molecular complexity index is 940. The molecule has 0 fully saturated rings. The Morgan fingerprint density at radius 3 is 2.39 bits per heavy atom. The second kappa shape index (κ2) is 9.36. The number of benzene rings is 2. The van der Waals surface area contributed by atoms with E-state index < -0.39 is 22.0 Å². The zero-order chi connectivity index (χ0) is 20.7. The number of hydrogen-bond donors (Lipinski definition) is 3. The zero-order valence-electron chi connectivity index (χ0n) is 16.2. The minimum absolute atomic E-state index is 0.0381. The highest BCUT2D eigenvalue weighted by molar-refractivity contribution is 7.92. The molecule has 2 aromatic carbocycles. The number of hydrogen-bond acceptors (Lipinski definition) is 4. The molecule has 1 atom stereocenters. The summed E-state index contributed by atoms with van der Waals surface area (Å²) in [4.78, 5) is 24.3. The van der Waals surface area contributed by atoms with Gasteiger partial charge in [-0.05, 0) is 50.6 Å². The smallest absolute Gasteiger partial charge is 0.261 e. The lowest BCUT2D eigenvalue weighted by Gasteiger charge is -2.14. The van der Waals surface area contributed by atoms with Gasteiger partial charge in [0.1, 0.15) is 6.04 Å². The first kappa shape index (κ1) is 21.4. The molecule has 8 heteroatoms. The van der Waals surface area contributed by atoms with Crippen molar-refractivity contribution in [3.63, 3.8) is 0 Å². The van der Waals surface area contributed by atoms with Crippen molar-refractivity contribution in [2.45, 2.75) is 38.1 Å². The number of nitrogens with one attached hydrogen (secondary N) is 3. The van der Waals surface area contributed by atoms with Crippen molar-refractivity contribution in [3.05, 3.63) is 59.7 Å². The topological polar surface area (TPSA) is 104 Å². The van der Waals surface area contributed by atoms with E-state index in [1.807, 2.05) is 13.8 Å². The summed E-state index contributed by atoms with van der Waals surface area (Å²) in [6.07, 6.45) is 0.792. The van der Waals surface area contributed by atoms with Gasteiger partial charge in [0.15, 0.2) is 0 Å². The first-order chi connectivity index (χ1) is 13.2. The molecular weight excluding hydrogens is 378 g/mol. The largest absolute Gasteiger partial charge is 0.354 e. The van der Waals surface area contributed by atoms with Crippen molar-refractivity contribution in [2.24, 2.45) is 0 Å². The van der Waals surface area contributed by atoms with Gasteiger partial charge in [0.2, 0.25) is 5.91 Å². The Morgan fingerprint density at radius 2 is 1.75 bits per heavy atom. The highest BCUT2D eigenvalue weighted by Gasteiger charge is 2.19. The van der Waals surface area contributed by atoms with Crippen LogP contribution >= 0.6 is 0 Å². The van der Waals surface area contributed by atoms with Crippen LogP contribution in [0.5, 0.6) is 0 Å². The summed E-state index contributed by atoms with van der Waals surface area (Å²) < 4.78 is 27.7. The standard InChI is InChI=1S/C20H25N3O4S/c1-4-12-21-19(24)15(3)22-20(25)16-6-5-7-18(13-16)28(26,27)23-17-10-8-14(2)9-11-17/h5-11,13,15,23H,4,12H2,1-3H3,(H,21,24)(H,22,25)/t15-/m1/s1. The molecule has 0 saturated heterocycles. The maximum atomic E-state index is 12.6. The van der Waals surface area contributed by atoms with Gasteiger partial charge in [0.25, 0.3) is 15.9 Å². The molecule has 7 nitrogen and oxygen atoms in total. The van der Waals surface area contributed by atoms with E-state index >= 15 is 0 Å². The van der Waals surface area contributed by atoms with Crippen LogP contribution in [-0.2, 0) is 14.8 Å². The van der Waals surface area contributed by atoms with Gasteiger partial charge >= 0.3 is 0 Å². The van der Waals surface area contributed by atoms with Gasteiger partial charge in [-0.2, -0.15) is 0 Å². The highest BCUT2D eigenvalue weighted by Crippen LogP contribution is 2.17. The van der Waals surface area contributed by atoms with Crippen LogP contribution in [0.1, 0.15) is 36.2 Å². The molecule has 0 heterocycles. The van der Waals surface area contributed by atoms with Crippen molar-refractivity contribution in [2.75, 3.05) is 11.3 Å². The van der Waals surface area contributed by atoms with Crippen LogP contribution in [0, 0.1) is 6.92 Å². The lowest BCUT2D eigenvalue weighted by Crippen LogP contribution is -2.45. The second-order valence-corrected chi connectivity index (χ2v) is 8.17. The lowest BCUT2D eigenvalue weighted by molar-refractivity contribution is -0.122. The van der Waals surface area contributed by atoms with Gasteiger partial charge in [-0.1, -0.05) is 30.7 Å². The fourth-order valence-corrected chi connectivity index (χ4v) is 3.49. The Kier molecular flexibility index (Phi) is 7.17. The average Bonchev–Trinajstić information content (AvgIpc) is 2.67. The summed E-state index contributed by atoms with van der Waals surface area (Å²) in [6, 6.07) is 11.9. The maximum absolute atomic E-state index is 12.6. The SMILES string of the molecule is CCCNC(=O)[C@@H](C)NC(=O)c1cccc(S(=O)(=O)Nc2ccc(C)cc2)c1. The Labute approximate surface area is 165 Å². The second-order valence-electron chi connectivity index (χ2n) is 6.49. The van der Waals surface area contributed by atoms with Gasteiger partial charge in [-0.15, -0.1) is 0 Å². The molecule has 0 aliphatic heterocycles. The molecule has 0 radical (unpaired) electrons. The highest BCUT2D eigenvalue weighted by atomic mass is 32.2. The summed E-state index contributed by atoms with van der Waals surface area (Å²) in [5.74, 6) is -0.813. The molecule has 0 bridgehead atoms. The molecule has 0 spiro atoms. The molecule has 2 aromatic rings. The Balaban J connectivity index is 2.12. The summed E-state index contributed by atoms with van der Waals surface area (Å²) in [7, 11) is -3.85. The Hall–Kier alpha value is -2.87. The van der Waals surface area contributed by atoms with Crippen molar-refractivity contribution in [1.82, 2.24) is 10.6 Å². The molecule has 28 heavy (non-hydrogen) atoms. The predicted molar refractivity (Wildman–Crippen MR) is 109 cm³/mol. The van der Waals surface area contributed by atoms with Crippen LogP contribution in [0.15, 0.2) is 53.4 Å².